The summed E-state index contributed by atoms with van der Waals surface area (Å²) >= 11 is 2.79. The maximum atomic E-state index is 14.0. The fourth-order valence-corrected chi connectivity index (χ4v) is 4.34. The summed E-state index contributed by atoms with van der Waals surface area (Å²) in [5.74, 6) is -0.446. The van der Waals surface area contributed by atoms with Crippen LogP contribution < -0.4 is 5.32 Å². The Hall–Kier alpha value is -2.83. The number of aryl methyl sites for hydroxylation is 1. The lowest BCUT2D eigenvalue weighted by molar-refractivity contribution is 0.103. The van der Waals surface area contributed by atoms with Gasteiger partial charge in [-0.1, -0.05) is 30.3 Å². The molecule has 4 aromatic rings. The number of nitrogens with one attached hydrogen (secondary N) is 1. The highest BCUT2D eigenvalue weighted by atomic mass is 32.1. The standard InChI is InChI=1S/C21H15FN2OS2/c1-13-10-19(26-11-13)20(25)23-17-9-5-3-7-15(17)18-12-27-21(24-18)14-6-2-4-8-16(14)22/h2-12H,1H3,(H,23,25). The molecule has 0 saturated carbocycles. The van der Waals surface area contributed by atoms with E-state index in [1.165, 1.54) is 28.7 Å². The number of hydrogen-bond donors (Lipinski definition) is 1. The third-order valence-electron chi connectivity index (χ3n) is 4.01. The highest BCUT2D eigenvalue weighted by Crippen LogP contribution is 2.34. The molecule has 0 atom stereocenters. The largest absolute Gasteiger partial charge is 0.321 e. The number of carbonyl (C=O) groups excluding carboxylic acids is 1. The van der Waals surface area contributed by atoms with Gasteiger partial charge in [0.1, 0.15) is 10.8 Å². The van der Waals surface area contributed by atoms with E-state index in [-0.39, 0.29) is 11.7 Å². The Kier molecular flexibility index (Phi) is 4.83. The van der Waals surface area contributed by atoms with Crippen LogP contribution in [0.25, 0.3) is 21.8 Å². The second kappa shape index (κ2) is 7.42. The van der Waals surface area contributed by atoms with E-state index >= 15 is 0 Å². The smallest absolute Gasteiger partial charge is 0.265 e. The van der Waals surface area contributed by atoms with Crippen LogP contribution in [-0.2, 0) is 0 Å². The molecule has 0 fully saturated rings. The summed E-state index contributed by atoms with van der Waals surface area (Å²) in [5, 5.41) is 7.39. The molecule has 0 saturated heterocycles. The molecule has 0 unspecified atom stereocenters. The Bertz CT molecular complexity index is 1120. The van der Waals surface area contributed by atoms with Crippen LogP contribution in [0.5, 0.6) is 0 Å². The number of anilines is 1. The first-order valence-electron chi connectivity index (χ1n) is 8.28. The van der Waals surface area contributed by atoms with Gasteiger partial charge < -0.3 is 5.32 Å². The number of benzene rings is 2. The number of aromatic nitrogens is 1. The van der Waals surface area contributed by atoms with Gasteiger partial charge in [-0.3, -0.25) is 4.79 Å². The lowest BCUT2D eigenvalue weighted by Crippen LogP contribution is -2.11. The minimum Gasteiger partial charge on any atom is -0.321 e. The average Bonchev–Trinajstić information content (AvgIpc) is 3.32. The molecule has 0 aliphatic carbocycles. The topological polar surface area (TPSA) is 42.0 Å². The van der Waals surface area contributed by atoms with E-state index in [0.29, 0.717) is 26.8 Å². The zero-order chi connectivity index (χ0) is 18.8. The normalized spacial score (nSPS) is 10.7. The number of carbonyl (C=O) groups is 1. The summed E-state index contributed by atoms with van der Waals surface area (Å²) in [6.45, 7) is 1.96. The van der Waals surface area contributed by atoms with Crippen molar-refractivity contribution in [3.05, 3.63) is 81.6 Å². The van der Waals surface area contributed by atoms with Gasteiger partial charge in [-0.25, -0.2) is 9.37 Å². The summed E-state index contributed by atoms with van der Waals surface area (Å²) in [4.78, 5) is 17.8. The van der Waals surface area contributed by atoms with Crippen LogP contribution >= 0.6 is 22.7 Å². The molecule has 0 spiro atoms. The van der Waals surface area contributed by atoms with Gasteiger partial charge in [-0.15, -0.1) is 22.7 Å². The van der Waals surface area contributed by atoms with Crippen LogP contribution in [0.15, 0.2) is 65.4 Å². The van der Waals surface area contributed by atoms with E-state index in [9.17, 15) is 9.18 Å². The third-order valence-corrected chi connectivity index (χ3v) is 5.94. The molecule has 1 amide bonds. The lowest BCUT2D eigenvalue weighted by atomic mass is 10.1. The van der Waals surface area contributed by atoms with Crippen LogP contribution in [0.3, 0.4) is 0 Å². The van der Waals surface area contributed by atoms with Crippen molar-refractivity contribution in [1.82, 2.24) is 4.98 Å². The molecular formula is C21H15FN2OS2. The van der Waals surface area contributed by atoms with Crippen molar-refractivity contribution in [3.63, 3.8) is 0 Å². The van der Waals surface area contributed by atoms with E-state index in [1.54, 1.807) is 18.2 Å². The van der Waals surface area contributed by atoms with Gasteiger partial charge in [0.15, 0.2) is 0 Å². The second-order valence-electron chi connectivity index (χ2n) is 6.01. The molecule has 134 valence electrons. The van der Waals surface area contributed by atoms with Crippen LogP contribution in [0, 0.1) is 12.7 Å². The van der Waals surface area contributed by atoms with E-state index in [1.807, 2.05) is 48.0 Å². The van der Waals surface area contributed by atoms with Crippen molar-refractivity contribution >= 4 is 34.3 Å². The Labute approximate surface area is 164 Å². The number of hydrogen-bond acceptors (Lipinski definition) is 4. The van der Waals surface area contributed by atoms with Crippen LogP contribution in [0.2, 0.25) is 0 Å². The molecule has 1 N–H and O–H groups in total. The number of amides is 1. The summed E-state index contributed by atoms with van der Waals surface area (Å²) < 4.78 is 14.0. The van der Waals surface area contributed by atoms with Gasteiger partial charge in [-0.2, -0.15) is 0 Å². The Morgan fingerprint density at radius 3 is 2.48 bits per heavy atom. The summed E-state index contributed by atoms with van der Waals surface area (Å²) in [5.41, 5.74) is 3.73. The molecule has 2 aromatic heterocycles. The van der Waals surface area contributed by atoms with Crippen molar-refractivity contribution in [3.8, 4) is 21.8 Å². The molecular weight excluding hydrogens is 379 g/mol. The summed E-state index contributed by atoms with van der Waals surface area (Å²) in [6, 6.07) is 15.9. The molecule has 6 heteroatoms. The van der Waals surface area contributed by atoms with Crippen molar-refractivity contribution in [2.45, 2.75) is 6.92 Å². The number of thiophene rings is 1. The zero-order valence-electron chi connectivity index (χ0n) is 14.4. The van der Waals surface area contributed by atoms with Crippen molar-refractivity contribution in [2.24, 2.45) is 0 Å². The van der Waals surface area contributed by atoms with Gasteiger partial charge in [-0.05, 0) is 42.1 Å². The Morgan fingerprint density at radius 1 is 1.00 bits per heavy atom. The minimum absolute atomic E-state index is 0.148. The molecule has 2 aromatic carbocycles. The maximum Gasteiger partial charge on any atom is 0.265 e. The third kappa shape index (κ3) is 3.67. The lowest BCUT2D eigenvalue weighted by Gasteiger charge is -2.08. The monoisotopic (exact) mass is 394 g/mol. The van der Waals surface area contributed by atoms with Gasteiger partial charge in [0.2, 0.25) is 0 Å². The predicted molar refractivity (Wildman–Crippen MR) is 110 cm³/mol. The van der Waals surface area contributed by atoms with E-state index in [2.05, 4.69) is 10.3 Å². The van der Waals surface area contributed by atoms with E-state index < -0.39 is 0 Å². The van der Waals surface area contributed by atoms with Crippen LogP contribution in [0.1, 0.15) is 15.2 Å². The molecule has 3 nitrogen and oxygen atoms in total. The Balaban J connectivity index is 1.66. The number of rotatable bonds is 4. The molecule has 0 bridgehead atoms. The average molecular weight is 394 g/mol. The number of nitrogens with zero attached hydrogens (tertiary/aromatic N) is 1. The molecule has 27 heavy (non-hydrogen) atoms. The number of para-hydroxylation sites is 1. The van der Waals surface area contributed by atoms with Gasteiger partial charge in [0.25, 0.3) is 5.91 Å². The number of thiazole rings is 1. The molecule has 4 rings (SSSR count). The second-order valence-corrected chi connectivity index (χ2v) is 7.78. The van der Waals surface area contributed by atoms with Gasteiger partial charge in [0, 0.05) is 16.5 Å². The SMILES string of the molecule is Cc1csc(C(=O)Nc2ccccc2-c2csc(-c3ccccc3F)n2)c1. The van der Waals surface area contributed by atoms with Crippen molar-refractivity contribution in [2.75, 3.05) is 5.32 Å². The van der Waals surface area contributed by atoms with E-state index in [0.717, 1.165) is 11.1 Å². The fourth-order valence-electron chi connectivity index (χ4n) is 2.71. The van der Waals surface area contributed by atoms with Gasteiger partial charge in [0.05, 0.1) is 16.3 Å². The highest BCUT2D eigenvalue weighted by molar-refractivity contribution is 7.13. The van der Waals surface area contributed by atoms with Crippen LogP contribution in [0.4, 0.5) is 10.1 Å². The van der Waals surface area contributed by atoms with E-state index in [4.69, 9.17) is 0 Å². The predicted octanol–water partition coefficient (Wildman–Crippen LogP) is 6.24. The number of halogens is 1. The fraction of sp³-hybridized carbons (Fsp3) is 0.0476. The first kappa shape index (κ1) is 17.6. The first-order valence-corrected chi connectivity index (χ1v) is 10.0. The van der Waals surface area contributed by atoms with Crippen LogP contribution in [-0.4, -0.2) is 10.9 Å². The molecule has 2 heterocycles. The summed E-state index contributed by atoms with van der Waals surface area (Å²) in [6.07, 6.45) is 0. The molecule has 0 aliphatic heterocycles. The Morgan fingerprint density at radius 2 is 1.74 bits per heavy atom. The first-order chi connectivity index (χ1) is 13.1. The zero-order valence-corrected chi connectivity index (χ0v) is 16.0. The van der Waals surface area contributed by atoms with Crippen molar-refractivity contribution < 1.29 is 9.18 Å². The highest BCUT2D eigenvalue weighted by Gasteiger charge is 2.15. The minimum atomic E-state index is -0.298. The molecule has 0 aliphatic rings. The molecule has 0 radical (unpaired) electrons. The quantitative estimate of drug-likeness (QED) is 0.445. The van der Waals surface area contributed by atoms with Crippen molar-refractivity contribution in [1.29, 1.82) is 0 Å². The van der Waals surface area contributed by atoms with Gasteiger partial charge >= 0.3 is 0 Å². The summed E-state index contributed by atoms with van der Waals surface area (Å²) in [7, 11) is 0. The maximum absolute atomic E-state index is 14.0.